The number of carbonyl (C=O) groups is 1. The van der Waals surface area contributed by atoms with E-state index in [4.69, 9.17) is 0 Å². The summed E-state index contributed by atoms with van der Waals surface area (Å²) in [6.07, 6.45) is 2.14. The van der Waals surface area contributed by atoms with Crippen LogP contribution in [0.4, 0.5) is 4.39 Å². The van der Waals surface area contributed by atoms with Crippen molar-refractivity contribution in [1.29, 1.82) is 0 Å². The molecule has 0 N–H and O–H groups in total. The molecule has 134 valence electrons. The van der Waals surface area contributed by atoms with Gasteiger partial charge < -0.3 is 4.90 Å². The Kier molecular flexibility index (Phi) is 6.02. The zero-order chi connectivity index (χ0) is 17.1. The van der Waals surface area contributed by atoms with E-state index < -0.39 is 22.1 Å². The first-order valence-corrected chi connectivity index (χ1v) is 9.88. The standard InChI is InChI=1S/C15H28FN3O3S/c1-15(2,12-16)13-23(21,22)19-9-7-17(8-10-19)11-14(20)18-5-3-4-6-18/h3-13H2,1-2H3. The molecule has 0 aromatic carbocycles. The van der Waals surface area contributed by atoms with E-state index >= 15 is 0 Å². The third-order valence-electron chi connectivity index (χ3n) is 4.48. The van der Waals surface area contributed by atoms with Gasteiger partial charge in [0.05, 0.1) is 19.0 Å². The Morgan fingerprint density at radius 2 is 1.61 bits per heavy atom. The van der Waals surface area contributed by atoms with Crippen LogP contribution in [0.25, 0.3) is 0 Å². The molecule has 2 heterocycles. The average Bonchev–Trinajstić information content (AvgIpc) is 3.01. The lowest BCUT2D eigenvalue weighted by Crippen LogP contribution is -2.52. The second kappa shape index (κ2) is 7.44. The average molecular weight is 349 g/mol. The van der Waals surface area contributed by atoms with E-state index in [9.17, 15) is 17.6 Å². The molecule has 0 spiro atoms. The number of rotatable bonds is 6. The Balaban J connectivity index is 1.82. The fraction of sp³-hybridized carbons (Fsp3) is 0.933. The van der Waals surface area contributed by atoms with Gasteiger partial charge in [-0.25, -0.2) is 8.42 Å². The summed E-state index contributed by atoms with van der Waals surface area (Å²) in [6, 6.07) is 0. The van der Waals surface area contributed by atoms with Crippen LogP contribution in [0.5, 0.6) is 0 Å². The van der Waals surface area contributed by atoms with E-state index in [-0.39, 0.29) is 11.7 Å². The van der Waals surface area contributed by atoms with Crippen molar-refractivity contribution in [2.24, 2.45) is 5.41 Å². The molecule has 2 fully saturated rings. The smallest absolute Gasteiger partial charge is 0.236 e. The van der Waals surface area contributed by atoms with Crippen molar-refractivity contribution in [2.45, 2.75) is 26.7 Å². The van der Waals surface area contributed by atoms with Gasteiger partial charge in [0.1, 0.15) is 0 Å². The number of likely N-dealkylation sites (tertiary alicyclic amines) is 1. The van der Waals surface area contributed by atoms with Crippen molar-refractivity contribution < 1.29 is 17.6 Å². The summed E-state index contributed by atoms with van der Waals surface area (Å²) >= 11 is 0. The second-order valence-corrected chi connectivity index (χ2v) is 9.29. The van der Waals surface area contributed by atoms with Gasteiger partial charge in [0, 0.05) is 44.7 Å². The molecule has 0 radical (unpaired) electrons. The highest BCUT2D eigenvalue weighted by Crippen LogP contribution is 2.21. The largest absolute Gasteiger partial charge is 0.342 e. The van der Waals surface area contributed by atoms with Crippen LogP contribution >= 0.6 is 0 Å². The highest BCUT2D eigenvalue weighted by atomic mass is 32.2. The molecule has 0 aliphatic carbocycles. The van der Waals surface area contributed by atoms with Gasteiger partial charge in [0.2, 0.25) is 15.9 Å². The molecule has 0 bridgehead atoms. The quantitative estimate of drug-likeness (QED) is 0.703. The maximum Gasteiger partial charge on any atom is 0.236 e. The van der Waals surface area contributed by atoms with Crippen molar-refractivity contribution in [1.82, 2.24) is 14.1 Å². The number of sulfonamides is 1. The first-order valence-electron chi connectivity index (χ1n) is 8.27. The molecule has 23 heavy (non-hydrogen) atoms. The van der Waals surface area contributed by atoms with E-state index in [0.717, 1.165) is 25.9 Å². The summed E-state index contributed by atoms with van der Waals surface area (Å²) in [5.41, 5.74) is -0.859. The van der Waals surface area contributed by atoms with E-state index in [1.807, 2.05) is 9.80 Å². The number of piperazine rings is 1. The SMILES string of the molecule is CC(C)(CF)CS(=O)(=O)N1CCN(CC(=O)N2CCCC2)CC1. The summed E-state index contributed by atoms with van der Waals surface area (Å²) in [6.45, 7) is 6.47. The predicted octanol–water partition coefficient (Wildman–Crippen LogP) is 0.552. The Morgan fingerprint density at radius 3 is 2.13 bits per heavy atom. The first kappa shape index (κ1) is 18.6. The Hall–Kier alpha value is -0.730. The Morgan fingerprint density at radius 1 is 1.04 bits per heavy atom. The highest BCUT2D eigenvalue weighted by Gasteiger charge is 2.33. The number of nitrogens with zero attached hydrogens (tertiary/aromatic N) is 3. The summed E-state index contributed by atoms with van der Waals surface area (Å²) in [4.78, 5) is 16.0. The van der Waals surface area contributed by atoms with Gasteiger partial charge in [0.15, 0.2) is 0 Å². The molecular formula is C15H28FN3O3S. The number of hydrogen-bond acceptors (Lipinski definition) is 4. The van der Waals surface area contributed by atoms with Gasteiger partial charge in [-0.1, -0.05) is 13.8 Å². The summed E-state index contributed by atoms with van der Waals surface area (Å²) in [5, 5.41) is 0. The van der Waals surface area contributed by atoms with E-state index in [1.165, 1.54) is 4.31 Å². The molecule has 0 aromatic rings. The molecule has 2 saturated heterocycles. The van der Waals surface area contributed by atoms with Crippen molar-refractivity contribution in [3.05, 3.63) is 0 Å². The highest BCUT2D eigenvalue weighted by molar-refractivity contribution is 7.89. The maximum atomic E-state index is 12.9. The first-order chi connectivity index (χ1) is 10.7. The molecule has 2 aliphatic rings. The van der Waals surface area contributed by atoms with Crippen LogP contribution in [0.15, 0.2) is 0 Å². The van der Waals surface area contributed by atoms with Gasteiger partial charge in [0.25, 0.3) is 0 Å². The molecule has 8 heteroatoms. The summed E-state index contributed by atoms with van der Waals surface area (Å²) in [7, 11) is -3.45. The maximum absolute atomic E-state index is 12.9. The minimum atomic E-state index is -3.45. The number of amides is 1. The Bertz CT molecular complexity index is 510. The summed E-state index contributed by atoms with van der Waals surface area (Å²) in [5.74, 6) is -0.0409. The number of hydrogen-bond donors (Lipinski definition) is 0. The van der Waals surface area contributed by atoms with E-state index in [2.05, 4.69) is 0 Å². The van der Waals surface area contributed by atoms with Gasteiger partial charge in [-0.05, 0) is 12.8 Å². The molecule has 2 aliphatic heterocycles. The van der Waals surface area contributed by atoms with E-state index in [0.29, 0.717) is 32.7 Å². The zero-order valence-corrected chi connectivity index (χ0v) is 14.9. The van der Waals surface area contributed by atoms with Crippen LogP contribution < -0.4 is 0 Å². The molecule has 0 aromatic heterocycles. The van der Waals surface area contributed by atoms with Crippen molar-refractivity contribution in [3.8, 4) is 0 Å². The van der Waals surface area contributed by atoms with Crippen molar-refractivity contribution >= 4 is 15.9 Å². The van der Waals surface area contributed by atoms with Crippen LogP contribution in [0.2, 0.25) is 0 Å². The molecule has 0 saturated carbocycles. The molecule has 0 atom stereocenters. The fourth-order valence-electron chi connectivity index (χ4n) is 3.05. The number of carbonyl (C=O) groups excluding carboxylic acids is 1. The third-order valence-corrected chi connectivity index (χ3v) is 6.78. The lowest BCUT2D eigenvalue weighted by molar-refractivity contribution is -0.131. The normalized spacial score (nSPS) is 21.8. The monoisotopic (exact) mass is 349 g/mol. The van der Waals surface area contributed by atoms with Gasteiger partial charge in [-0.3, -0.25) is 14.1 Å². The minimum Gasteiger partial charge on any atom is -0.342 e. The molecule has 0 unspecified atom stereocenters. The van der Waals surface area contributed by atoms with Gasteiger partial charge in [-0.15, -0.1) is 0 Å². The molecule has 1 amide bonds. The van der Waals surface area contributed by atoms with Crippen LogP contribution in [0, 0.1) is 5.41 Å². The predicted molar refractivity (Wildman–Crippen MR) is 87.4 cm³/mol. The van der Waals surface area contributed by atoms with Gasteiger partial charge >= 0.3 is 0 Å². The van der Waals surface area contributed by atoms with Crippen molar-refractivity contribution in [3.63, 3.8) is 0 Å². The lowest BCUT2D eigenvalue weighted by atomic mass is 9.99. The number of alkyl halides is 1. The Labute approximate surface area is 138 Å². The topological polar surface area (TPSA) is 60.9 Å². The van der Waals surface area contributed by atoms with Crippen LogP contribution in [-0.4, -0.2) is 86.7 Å². The van der Waals surface area contributed by atoms with Crippen LogP contribution in [-0.2, 0) is 14.8 Å². The fourth-order valence-corrected chi connectivity index (χ4v) is 5.01. The van der Waals surface area contributed by atoms with Gasteiger partial charge in [-0.2, -0.15) is 4.31 Å². The van der Waals surface area contributed by atoms with E-state index in [1.54, 1.807) is 13.8 Å². The van der Waals surface area contributed by atoms with Crippen LogP contribution in [0.1, 0.15) is 26.7 Å². The zero-order valence-electron chi connectivity index (χ0n) is 14.1. The van der Waals surface area contributed by atoms with Crippen LogP contribution in [0.3, 0.4) is 0 Å². The number of halogens is 1. The molecule has 6 nitrogen and oxygen atoms in total. The minimum absolute atomic E-state index is 0.136. The lowest BCUT2D eigenvalue weighted by Gasteiger charge is -2.35. The summed E-state index contributed by atoms with van der Waals surface area (Å²) < 4.78 is 39.0. The third kappa shape index (κ3) is 5.12. The second-order valence-electron chi connectivity index (χ2n) is 7.32. The molecule has 2 rings (SSSR count). The molecular weight excluding hydrogens is 321 g/mol. The van der Waals surface area contributed by atoms with Crippen molar-refractivity contribution in [2.75, 3.05) is 58.2 Å².